The first-order chi connectivity index (χ1) is 13.4. The van der Waals surface area contributed by atoms with E-state index in [1.54, 1.807) is 11.9 Å². The van der Waals surface area contributed by atoms with Crippen LogP contribution in [0.3, 0.4) is 0 Å². The summed E-state index contributed by atoms with van der Waals surface area (Å²) in [7, 11) is -0.153. The zero-order valence-electron chi connectivity index (χ0n) is 18.2. The normalized spacial score (nSPS) is 12.1. The van der Waals surface area contributed by atoms with Gasteiger partial charge < -0.3 is 9.33 Å². The number of benzene rings is 2. The molecule has 0 aliphatic carbocycles. The average molecular weight is 419 g/mol. The summed E-state index contributed by atoms with van der Waals surface area (Å²) in [4.78, 5) is 12.5. The maximum absolute atomic E-state index is 14.9. The fourth-order valence-corrected chi connectivity index (χ4v) is 3.98. The Kier molecular flexibility index (Phi) is 7.18. The first kappa shape index (κ1) is 23.0. The van der Waals surface area contributed by atoms with Crippen LogP contribution in [0.25, 0.3) is 0 Å². The van der Waals surface area contributed by atoms with Gasteiger partial charge in [-0.2, -0.15) is 0 Å². The van der Waals surface area contributed by atoms with Gasteiger partial charge in [-0.1, -0.05) is 51.1 Å². The number of hydrogen-bond donors (Lipinski definition) is 0. The molecule has 2 rings (SSSR count). The highest BCUT2D eigenvalue weighted by Crippen LogP contribution is 2.37. The van der Waals surface area contributed by atoms with Crippen LogP contribution in [-0.2, 0) is 17.4 Å². The van der Waals surface area contributed by atoms with Gasteiger partial charge in [0, 0.05) is 26.3 Å². The van der Waals surface area contributed by atoms with Crippen LogP contribution in [0.2, 0.25) is 18.1 Å². The Morgan fingerprint density at radius 2 is 1.79 bits per heavy atom. The summed E-state index contributed by atoms with van der Waals surface area (Å²) in [5, 5.41) is 11.3. The van der Waals surface area contributed by atoms with E-state index < -0.39 is 19.1 Å². The number of halogens is 1. The van der Waals surface area contributed by atoms with Crippen molar-refractivity contribution in [2.75, 3.05) is 18.6 Å². The standard InChI is InChI=1S/C22H31FN2O3Si/c1-22(2,3)29(5,6)28-13-12-18-14-19(25(26)27)15-20(23)21(18)24(4)16-17-10-8-7-9-11-17/h7-11,14-15H,12-13,16H2,1-6H3. The van der Waals surface area contributed by atoms with Crippen LogP contribution in [0.1, 0.15) is 31.9 Å². The van der Waals surface area contributed by atoms with Gasteiger partial charge in [0.05, 0.1) is 16.7 Å². The van der Waals surface area contributed by atoms with E-state index in [0.29, 0.717) is 30.8 Å². The Balaban J connectivity index is 2.29. The maximum Gasteiger partial charge on any atom is 0.272 e. The number of rotatable bonds is 8. The van der Waals surface area contributed by atoms with Crippen molar-refractivity contribution in [3.05, 3.63) is 69.5 Å². The van der Waals surface area contributed by atoms with E-state index in [0.717, 1.165) is 11.6 Å². The largest absolute Gasteiger partial charge is 0.416 e. The molecule has 0 radical (unpaired) electrons. The van der Waals surface area contributed by atoms with E-state index in [1.165, 1.54) is 6.07 Å². The minimum absolute atomic E-state index is 0.0634. The van der Waals surface area contributed by atoms with Crippen molar-refractivity contribution in [2.45, 2.75) is 51.9 Å². The van der Waals surface area contributed by atoms with E-state index in [2.05, 4.69) is 33.9 Å². The summed E-state index contributed by atoms with van der Waals surface area (Å²) < 4.78 is 21.1. The van der Waals surface area contributed by atoms with E-state index >= 15 is 0 Å². The van der Waals surface area contributed by atoms with E-state index in [-0.39, 0.29) is 10.7 Å². The van der Waals surface area contributed by atoms with Crippen molar-refractivity contribution in [3.8, 4) is 0 Å². The van der Waals surface area contributed by atoms with Crippen molar-refractivity contribution in [1.82, 2.24) is 0 Å². The van der Waals surface area contributed by atoms with Crippen LogP contribution in [-0.4, -0.2) is 26.9 Å². The second-order valence-corrected chi connectivity index (χ2v) is 13.7. The molecule has 0 saturated carbocycles. The number of anilines is 1. The van der Waals surface area contributed by atoms with Crippen LogP contribution in [0.15, 0.2) is 42.5 Å². The van der Waals surface area contributed by atoms with Crippen LogP contribution in [0.4, 0.5) is 15.8 Å². The molecule has 0 fully saturated rings. The second kappa shape index (κ2) is 9.05. The lowest BCUT2D eigenvalue weighted by atomic mass is 10.1. The van der Waals surface area contributed by atoms with E-state index in [4.69, 9.17) is 4.43 Å². The summed E-state index contributed by atoms with van der Waals surface area (Å²) in [6, 6.07) is 12.2. The Morgan fingerprint density at radius 1 is 1.17 bits per heavy atom. The molecule has 158 valence electrons. The summed E-state index contributed by atoms with van der Waals surface area (Å²) in [6.07, 6.45) is 0.416. The zero-order valence-corrected chi connectivity index (χ0v) is 19.2. The van der Waals surface area contributed by atoms with Crippen molar-refractivity contribution < 1.29 is 13.7 Å². The van der Waals surface area contributed by atoms with Gasteiger partial charge in [0.15, 0.2) is 14.1 Å². The maximum atomic E-state index is 14.9. The topological polar surface area (TPSA) is 55.6 Å². The lowest BCUT2D eigenvalue weighted by Crippen LogP contribution is -2.41. The molecule has 0 aliphatic rings. The fraction of sp³-hybridized carbons (Fsp3) is 0.455. The highest BCUT2D eigenvalue weighted by molar-refractivity contribution is 6.74. The lowest BCUT2D eigenvalue weighted by molar-refractivity contribution is -0.385. The SMILES string of the molecule is CN(Cc1ccccc1)c1c(F)cc([N+](=O)[O-])cc1CCO[Si](C)(C)C(C)(C)C. The van der Waals surface area contributed by atoms with Gasteiger partial charge in [-0.25, -0.2) is 4.39 Å². The summed E-state index contributed by atoms with van der Waals surface area (Å²) in [6.45, 7) is 11.7. The van der Waals surface area contributed by atoms with Crippen LogP contribution >= 0.6 is 0 Å². The Labute approximate surface area is 173 Å². The average Bonchev–Trinajstić information content (AvgIpc) is 2.60. The molecule has 0 amide bonds. The molecule has 7 heteroatoms. The molecule has 5 nitrogen and oxygen atoms in total. The van der Waals surface area contributed by atoms with Gasteiger partial charge in [-0.05, 0) is 35.7 Å². The van der Waals surface area contributed by atoms with Gasteiger partial charge in [-0.15, -0.1) is 0 Å². The third-order valence-corrected chi connectivity index (χ3v) is 10.2. The number of non-ortho nitro benzene ring substituents is 1. The molecule has 0 spiro atoms. The zero-order chi connectivity index (χ0) is 21.8. The monoisotopic (exact) mass is 418 g/mol. The predicted octanol–water partition coefficient (Wildman–Crippen LogP) is 5.93. The molecule has 0 N–H and O–H groups in total. The number of nitro benzene ring substituents is 1. The van der Waals surface area contributed by atoms with Crippen molar-refractivity contribution in [1.29, 1.82) is 0 Å². The van der Waals surface area contributed by atoms with E-state index in [9.17, 15) is 14.5 Å². The molecule has 2 aromatic carbocycles. The van der Waals surface area contributed by atoms with Gasteiger partial charge in [0.25, 0.3) is 5.69 Å². The van der Waals surface area contributed by atoms with Gasteiger partial charge in [0.1, 0.15) is 0 Å². The van der Waals surface area contributed by atoms with Crippen molar-refractivity contribution in [2.24, 2.45) is 0 Å². The summed E-state index contributed by atoms with van der Waals surface area (Å²) in [5.74, 6) is -0.583. The molecule has 0 atom stereocenters. The number of nitrogens with zero attached hydrogens (tertiary/aromatic N) is 2. The molecule has 0 aromatic heterocycles. The minimum atomic E-state index is -1.95. The molecular weight excluding hydrogens is 387 g/mol. The summed E-state index contributed by atoms with van der Waals surface area (Å²) >= 11 is 0. The smallest absolute Gasteiger partial charge is 0.272 e. The van der Waals surface area contributed by atoms with Gasteiger partial charge >= 0.3 is 0 Å². The molecule has 0 unspecified atom stereocenters. The van der Waals surface area contributed by atoms with E-state index in [1.807, 2.05) is 30.3 Å². The fourth-order valence-electron chi connectivity index (χ4n) is 2.93. The molecule has 0 bridgehead atoms. The predicted molar refractivity (Wildman–Crippen MR) is 118 cm³/mol. The molecule has 0 aliphatic heterocycles. The van der Waals surface area contributed by atoms with Gasteiger partial charge in [0.2, 0.25) is 0 Å². The first-order valence-corrected chi connectivity index (χ1v) is 12.7. The first-order valence-electron chi connectivity index (χ1n) is 9.78. The molecule has 2 aromatic rings. The molecular formula is C22H31FN2O3Si. The Bertz CT molecular complexity index is 851. The molecule has 29 heavy (non-hydrogen) atoms. The van der Waals surface area contributed by atoms with Crippen LogP contribution in [0, 0.1) is 15.9 Å². The van der Waals surface area contributed by atoms with Crippen molar-refractivity contribution >= 4 is 19.7 Å². The van der Waals surface area contributed by atoms with Crippen LogP contribution in [0.5, 0.6) is 0 Å². The lowest BCUT2D eigenvalue weighted by Gasteiger charge is -2.36. The van der Waals surface area contributed by atoms with Crippen LogP contribution < -0.4 is 4.90 Å². The Morgan fingerprint density at radius 3 is 2.34 bits per heavy atom. The third-order valence-electron chi connectivity index (χ3n) is 5.62. The number of hydrogen-bond acceptors (Lipinski definition) is 4. The number of nitro groups is 1. The molecule has 0 heterocycles. The van der Waals surface area contributed by atoms with Gasteiger partial charge in [-0.3, -0.25) is 10.1 Å². The Hall–Kier alpha value is -2.25. The third kappa shape index (κ3) is 5.87. The molecule has 0 saturated heterocycles. The highest BCUT2D eigenvalue weighted by atomic mass is 28.4. The quantitative estimate of drug-likeness (QED) is 0.303. The minimum Gasteiger partial charge on any atom is -0.416 e. The summed E-state index contributed by atoms with van der Waals surface area (Å²) in [5.41, 5.74) is 1.78. The second-order valence-electron chi connectivity index (χ2n) is 8.89. The highest BCUT2D eigenvalue weighted by Gasteiger charge is 2.37. The van der Waals surface area contributed by atoms with Crippen molar-refractivity contribution in [3.63, 3.8) is 0 Å².